The Bertz CT molecular complexity index is 1390. The van der Waals surface area contributed by atoms with Crippen LogP contribution in [0.5, 0.6) is 17.4 Å². The molecule has 4 aromatic rings. The van der Waals surface area contributed by atoms with Crippen LogP contribution in [0.25, 0.3) is 10.8 Å². The first-order valence-electron chi connectivity index (χ1n) is 10.0. The Labute approximate surface area is 214 Å². The molecule has 0 aliphatic heterocycles. The maximum atomic E-state index is 12.9. The van der Waals surface area contributed by atoms with Crippen LogP contribution in [0.4, 0.5) is 0 Å². The SMILES string of the molecule is CN(Cc1ccc2c(Br)c(OCC#N)ccc2c1)C(=O)c1ccc(Oc2cc(Cl)cc(Cl)c2)o1. The summed E-state index contributed by atoms with van der Waals surface area (Å²) in [6, 6.07) is 19.5. The average Bonchev–Trinajstić information content (AvgIpc) is 3.25. The Balaban J connectivity index is 1.45. The fourth-order valence-corrected chi connectivity index (χ4v) is 4.48. The molecular weight excluding hydrogens is 543 g/mol. The van der Waals surface area contributed by atoms with Crippen molar-refractivity contribution in [2.45, 2.75) is 6.54 Å². The van der Waals surface area contributed by atoms with Gasteiger partial charge in [0.2, 0.25) is 0 Å². The second-order valence-corrected chi connectivity index (χ2v) is 9.03. The first-order valence-corrected chi connectivity index (χ1v) is 11.6. The van der Waals surface area contributed by atoms with E-state index in [0.717, 1.165) is 20.8 Å². The fourth-order valence-electron chi connectivity index (χ4n) is 3.37. The molecule has 0 fully saturated rings. The predicted octanol–water partition coefficient (Wildman–Crippen LogP) is 7.47. The van der Waals surface area contributed by atoms with E-state index in [2.05, 4.69) is 15.9 Å². The number of halogens is 3. The molecule has 0 N–H and O–H groups in total. The van der Waals surface area contributed by atoms with Crippen molar-refractivity contribution >= 4 is 55.8 Å². The monoisotopic (exact) mass is 558 g/mol. The zero-order valence-corrected chi connectivity index (χ0v) is 20.9. The molecule has 3 aromatic carbocycles. The molecule has 0 aliphatic rings. The van der Waals surface area contributed by atoms with Crippen LogP contribution in [0.3, 0.4) is 0 Å². The highest BCUT2D eigenvalue weighted by molar-refractivity contribution is 9.10. The maximum Gasteiger partial charge on any atom is 0.290 e. The highest BCUT2D eigenvalue weighted by atomic mass is 79.9. The number of nitriles is 1. The largest absolute Gasteiger partial charge is 0.478 e. The second kappa shape index (κ2) is 10.4. The molecule has 6 nitrogen and oxygen atoms in total. The van der Waals surface area contributed by atoms with Gasteiger partial charge in [0, 0.05) is 29.7 Å². The van der Waals surface area contributed by atoms with E-state index in [1.807, 2.05) is 30.3 Å². The van der Waals surface area contributed by atoms with Gasteiger partial charge in [-0.1, -0.05) is 41.4 Å². The summed E-state index contributed by atoms with van der Waals surface area (Å²) in [7, 11) is 1.70. The molecule has 0 radical (unpaired) electrons. The lowest BCUT2D eigenvalue weighted by molar-refractivity contribution is 0.0748. The number of hydrogen-bond acceptors (Lipinski definition) is 5. The van der Waals surface area contributed by atoms with Crippen molar-refractivity contribution in [3.8, 4) is 23.5 Å². The number of ether oxygens (including phenoxy) is 2. The topological polar surface area (TPSA) is 75.7 Å². The van der Waals surface area contributed by atoms with Crippen LogP contribution in [0, 0.1) is 11.3 Å². The third-order valence-corrected chi connectivity index (χ3v) is 6.14. The van der Waals surface area contributed by atoms with Gasteiger partial charge in [-0.15, -0.1) is 0 Å². The van der Waals surface area contributed by atoms with Crippen molar-refractivity contribution in [1.29, 1.82) is 5.26 Å². The number of carbonyl (C=O) groups excluding carboxylic acids is 1. The summed E-state index contributed by atoms with van der Waals surface area (Å²) in [5, 5.41) is 11.5. The van der Waals surface area contributed by atoms with Gasteiger partial charge in [-0.05, 0) is 68.7 Å². The van der Waals surface area contributed by atoms with E-state index in [9.17, 15) is 4.79 Å². The molecule has 0 atom stereocenters. The zero-order valence-electron chi connectivity index (χ0n) is 17.8. The van der Waals surface area contributed by atoms with Gasteiger partial charge >= 0.3 is 0 Å². The highest BCUT2D eigenvalue weighted by Crippen LogP contribution is 2.34. The molecule has 0 aliphatic carbocycles. The third kappa shape index (κ3) is 5.48. The molecule has 1 heterocycles. The minimum absolute atomic E-state index is 0.0263. The van der Waals surface area contributed by atoms with Crippen molar-refractivity contribution < 1.29 is 18.7 Å². The minimum Gasteiger partial charge on any atom is -0.478 e. The zero-order chi connectivity index (χ0) is 24.2. The Morgan fingerprint density at radius 2 is 1.85 bits per heavy atom. The third-order valence-electron chi connectivity index (χ3n) is 4.89. The highest BCUT2D eigenvalue weighted by Gasteiger charge is 2.18. The number of fused-ring (bicyclic) bond motifs is 1. The maximum absolute atomic E-state index is 12.9. The minimum atomic E-state index is -0.291. The van der Waals surface area contributed by atoms with Gasteiger partial charge in [0.15, 0.2) is 12.4 Å². The number of carbonyl (C=O) groups is 1. The number of nitrogens with zero attached hydrogens (tertiary/aromatic N) is 2. The summed E-state index contributed by atoms with van der Waals surface area (Å²) in [6.45, 7) is 0.349. The molecule has 9 heteroatoms. The standard InChI is InChI=1S/C25H17BrCl2N2O4/c1-30(14-15-2-4-20-16(10-15)3-5-21(24(20)26)32-9-8-29)25(31)22-6-7-23(34-22)33-19-12-17(27)11-18(28)13-19/h2-7,10-13H,9,14H2,1H3. The van der Waals surface area contributed by atoms with Gasteiger partial charge in [-0.3, -0.25) is 4.79 Å². The van der Waals surface area contributed by atoms with Crippen LogP contribution in [0.15, 0.2) is 69.6 Å². The predicted molar refractivity (Wildman–Crippen MR) is 134 cm³/mol. The molecule has 172 valence electrons. The smallest absolute Gasteiger partial charge is 0.290 e. The van der Waals surface area contributed by atoms with Crippen LogP contribution in [0.1, 0.15) is 16.1 Å². The normalized spacial score (nSPS) is 10.7. The lowest BCUT2D eigenvalue weighted by Crippen LogP contribution is -2.25. The van der Waals surface area contributed by atoms with Gasteiger partial charge < -0.3 is 18.8 Å². The van der Waals surface area contributed by atoms with Gasteiger partial charge in [-0.2, -0.15) is 5.26 Å². The van der Waals surface area contributed by atoms with E-state index in [1.54, 1.807) is 48.3 Å². The molecule has 0 bridgehead atoms. The lowest BCUT2D eigenvalue weighted by atomic mass is 10.1. The van der Waals surface area contributed by atoms with Crippen LogP contribution in [-0.2, 0) is 6.54 Å². The first kappa shape index (κ1) is 24.0. The molecule has 0 saturated carbocycles. The Hall–Kier alpha value is -3.18. The number of rotatable bonds is 7. The molecule has 4 rings (SSSR count). The van der Waals surface area contributed by atoms with E-state index >= 15 is 0 Å². The van der Waals surface area contributed by atoms with Crippen LogP contribution < -0.4 is 9.47 Å². The van der Waals surface area contributed by atoms with Crippen LogP contribution >= 0.6 is 39.1 Å². The molecule has 0 spiro atoms. The quantitative estimate of drug-likeness (QED) is 0.235. The van der Waals surface area contributed by atoms with Gasteiger partial charge in [-0.25, -0.2) is 0 Å². The van der Waals surface area contributed by atoms with Crippen molar-refractivity contribution in [2.24, 2.45) is 0 Å². The number of hydrogen-bond donors (Lipinski definition) is 0. The molecule has 1 aromatic heterocycles. The fraction of sp³-hybridized carbons (Fsp3) is 0.120. The molecule has 0 unspecified atom stereocenters. The summed E-state index contributed by atoms with van der Waals surface area (Å²) >= 11 is 15.5. The summed E-state index contributed by atoms with van der Waals surface area (Å²) in [5.41, 5.74) is 0.942. The number of furan rings is 1. The number of amides is 1. The lowest BCUT2D eigenvalue weighted by Gasteiger charge is -2.16. The van der Waals surface area contributed by atoms with Gasteiger partial charge in [0.05, 0.1) is 4.47 Å². The Morgan fingerprint density at radius 1 is 1.09 bits per heavy atom. The van der Waals surface area contributed by atoms with Crippen LogP contribution in [-0.4, -0.2) is 24.5 Å². The van der Waals surface area contributed by atoms with Crippen molar-refractivity contribution in [3.05, 3.63) is 86.5 Å². The van der Waals surface area contributed by atoms with E-state index in [0.29, 0.717) is 28.1 Å². The van der Waals surface area contributed by atoms with Gasteiger partial charge in [0.25, 0.3) is 11.9 Å². The first-order chi connectivity index (χ1) is 16.3. The second-order valence-electron chi connectivity index (χ2n) is 7.37. The molecule has 0 saturated heterocycles. The Morgan fingerprint density at radius 3 is 2.59 bits per heavy atom. The van der Waals surface area contributed by atoms with Crippen molar-refractivity contribution in [2.75, 3.05) is 13.7 Å². The van der Waals surface area contributed by atoms with E-state index in [-0.39, 0.29) is 24.2 Å². The van der Waals surface area contributed by atoms with E-state index < -0.39 is 0 Å². The summed E-state index contributed by atoms with van der Waals surface area (Å²) in [4.78, 5) is 14.4. The average molecular weight is 560 g/mol. The molecular formula is C25H17BrCl2N2O4. The summed E-state index contributed by atoms with van der Waals surface area (Å²) < 4.78 is 17.4. The Kier molecular flexibility index (Phi) is 7.32. The van der Waals surface area contributed by atoms with E-state index in [4.69, 9.17) is 42.4 Å². The van der Waals surface area contributed by atoms with Crippen LogP contribution in [0.2, 0.25) is 10.0 Å². The van der Waals surface area contributed by atoms with E-state index in [1.165, 1.54) is 0 Å². The number of benzene rings is 3. The van der Waals surface area contributed by atoms with Gasteiger partial charge in [0.1, 0.15) is 17.6 Å². The van der Waals surface area contributed by atoms with Crippen molar-refractivity contribution in [1.82, 2.24) is 4.90 Å². The summed E-state index contributed by atoms with van der Waals surface area (Å²) in [5.74, 6) is 1.02. The van der Waals surface area contributed by atoms with Crippen molar-refractivity contribution in [3.63, 3.8) is 0 Å². The molecule has 34 heavy (non-hydrogen) atoms. The molecule has 1 amide bonds. The summed E-state index contributed by atoms with van der Waals surface area (Å²) in [6.07, 6.45) is 0.